The number of amides is 1. The first-order valence-electron chi connectivity index (χ1n) is 9.16. The van der Waals surface area contributed by atoms with Crippen LogP contribution in [0.3, 0.4) is 0 Å². The first-order chi connectivity index (χ1) is 13.7. The Morgan fingerprint density at radius 2 is 1.82 bits per heavy atom. The molecule has 0 saturated heterocycles. The number of rotatable bonds is 6. The number of ether oxygens (including phenoxy) is 3. The summed E-state index contributed by atoms with van der Waals surface area (Å²) in [4.78, 5) is 12.4. The molecule has 1 aliphatic rings. The largest absolute Gasteiger partial charge is 0.497 e. The van der Waals surface area contributed by atoms with Crippen LogP contribution in [0.4, 0.5) is 0 Å². The number of hydrogen-bond acceptors (Lipinski definition) is 4. The highest BCUT2D eigenvalue weighted by Crippen LogP contribution is 2.33. The van der Waals surface area contributed by atoms with Crippen molar-refractivity contribution in [2.45, 2.75) is 12.5 Å². The molecular weight excluding hydrogens is 354 g/mol. The van der Waals surface area contributed by atoms with E-state index in [1.54, 1.807) is 25.3 Å². The van der Waals surface area contributed by atoms with Crippen LogP contribution in [0.15, 0.2) is 72.8 Å². The van der Waals surface area contributed by atoms with Crippen molar-refractivity contribution in [1.29, 1.82) is 0 Å². The Morgan fingerprint density at radius 3 is 2.64 bits per heavy atom. The van der Waals surface area contributed by atoms with Gasteiger partial charge in [0.1, 0.15) is 29.1 Å². The van der Waals surface area contributed by atoms with E-state index in [2.05, 4.69) is 5.32 Å². The topological polar surface area (TPSA) is 56.8 Å². The Labute approximate surface area is 163 Å². The van der Waals surface area contributed by atoms with Gasteiger partial charge in [-0.3, -0.25) is 4.79 Å². The number of benzene rings is 3. The summed E-state index contributed by atoms with van der Waals surface area (Å²) in [6, 6.07) is 22.5. The molecule has 0 unspecified atom stereocenters. The molecule has 1 N–H and O–H groups in total. The normalized spacial score (nSPS) is 14.7. The molecule has 0 radical (unpaired) electrons. The highest BCUT2D eigenvalue weighted by molar-refractivity contribution is 5.94. The Bertz CT molecular complexity index is 971. The van der Waals surface area contributed by atoms with E-state index < -0.39 is 0 Å². The summed E-state index contributed by atoms with van der Waals surface area (Å²) in [6.45, 7) is 0.430. The van der Waals surface area contributed by atoms with Gasteiger partial charge in [-0.15, -0.1) is 0 Å². The van der Waals surface area contributed by atoms with Crippen molar-refractivity contribution in [2.75, 3.05) is 13.7 Å². The minimum absolute atomic E-state index is 0.100. The fraction of sp³-hybridized carbons (Fsp3) is 0.174. The van der Waals surface area contributed by atoms with E-state index in [1.165, 1.54) is 0 Å². The first-order valence-corrected chi connectivity index (χ1v) is 9.16. The van der Waals surface area contributed by atoms with Gasteiger partial charge in [-0.05, 0) is 48.5 Å². The van der Waals surface area contributed by atoms with Gasteiger partial charge in [-0.2, -0.15) is 0 Å². The second-order valence-corrected chi connectivity index (χ2v) is 6.57. The van der Waals surface area contributed by atoms with Crippen molar-refractivity contribution in [3.8, 4) is 23.0 Å². The standard InChI is InChI=1S/C23H21NO4/c1-26-19-9-5-6-16(12-19)23(25)24-15-21-14-17-13-20(10-11-22(17)28-21)27-18-7-3-2-4-8-18/h2-13,21H,14-15H2,1H3,(H,24,25)/t21-/m1/s1. The lowest BCUT2D eigenvalue weighted by Crippen LogP contribution is -2.34. The van der Waals surface area contributed by atoms with E-state index in [4.69, 9.17) is 14.2 Å². The first kappa shape index (κ1) is 17.9. The van der Waals surface area contributed by atoms with Gasteiger partial charge in [-0.1, -0.05) is 24.3 Å². The van der Waals surface area contributed by atoms with E-state index in [9.17, 15) is 4.79 Å². The van der Waals surface area contributed by atoms with Gasteiger partial charge >= 0.3 is 0 Å². The lowest BCUT2D eigenvalue weighted by molar-refractivity contribution is 0.0933. The minimum Gasteiger partial charge on any atom is -0.497 e. The number of carbonyl (C=O) groups excluding carboxylic acids is 1. The van der Waals surface area contributed by atoms with Crippen LogP contribution >= 0.6 is 0 Å². The fourth-order valence-electron chi connectivity index (χ4n) is 3.17. The number of nitrogens with one attached hydrogen (secondary N) is 1. The van der Waals surface area contributed by atoms with Gasteiger partial charge < -0.3 is 19.5 Å². The van der Waals surface area contributed by atoms with Crippen molar-refractivity contribution >= 4 is 5.91 Å². The molecule has 28 heavy (non-hydrogen) atoms. The number of methoxy groups -OCH3 is 1. The van der Waals surface area contributed by atoms with Crippen LogP contribution in [0.1, 0.15) is 15.9 Å². The minimum atomic E-state index is -0.147. The maximum absolute atomic E-state index is 12.4. The highest BCUT2D eigenvalue weighted by atomic mass is 16.5. The molecule has 4 rings (SSSR count). The molecule has 142 valence electrons. The average Bonchev–Trinajstić information content (AvgIpc) is 3.15. The third-order valence-electron chi connectivity index (χ3n) is 4.57. The number of para-hydroxylation sites is 1. The molecule has 0 bridgehead atoms. The summed E-state index contributed by atoms with van der Waals surface area (Å²) in [6.07, 6.45) is 0.622. The lowest BCUT2D eigenvalue weighted by atomic mass is 10.1. The summed E-state index contributed by atoms with van der Waals surface area (Å²) >= 11 is 0. The van der Waals surface area contributed by atoms with Gasteiger partial charge in [0.2, 0.25) is 0 Å². The molecule has 0 spiro atoms. The smallest absolute Gasteiger partial charge is 0.251 e. The van der Waals surface area contributed by atoms with Crippen LogP contribution in [-0.4, -0.2) is 25.7 Å². The molecule has 1 aliphatic heterocycles. The summed E-state index contributed by atoms with van der Waals surface area (Å²) in [7, 11) is 1.58. The molecule has 1 atom stereocenters. The Kier molecular flexibility index (Phi) is 5.15. The molecule has 5 heteroatoms. The Hall–Kier alpha value is -3.47. The summed E-state index contributed by atoms with van der Waals surface area (Å²) in [5, 5.41) is 2.93. The van der Waals surface area contributed by atoms with E-state index in [0.29, 0.717) is 17.9 Å². The predicted octanol–water partition coefficient (Wildman–Crippen LogP) is 4.22. The second kappa shape index (κ2) is 8.05. The zero-order valence-corrected chi connectivity index (χ0v) is 15.6. The van der Waals surface area contributed by atoms with Crippen LogP contribution in [0.5, 0.6) is 23.0 Å². The quantitative estimate of drug-likeness (QED) is 0.701. The van der Waals surface area contributed by atoms with Crippen LogP contribution in [0, 0.1) is 0 Å². The fourth-order valence-corrected chi connectivity index (χ4v) is 3.17. The van der Waals surface area contributed by atoms with E-state index in [-0.39, 0.29) is 12.0 Å². The van der Waals surface area contributed by atoms with Crippen LogP contribution in [0.25, 0.3) is 0 Å². The molecule has 1 amide bonds. The maximum atomic E-state index is 12.4. The molecule has 1 heterocycles. The van der Waals surface area contributed by atoms with Gasteiger partial charge in [-0.25, -0.2) is 0 Å². The molecule has 0 saturated carbocycles. The monoisotopic (exact) mass is 375 g/mol. The summed E-state index contributed by atoms with van der Waals surface area (Å²) in [5.74, 6) is 2.91. The Morgan fingerprint density at radius 1 is 1.00 bits per heavy atom. The molecule has 3 aromatic carbocycles. The van der Waals surface area contributed by atoms with Crippen molar-refractivity contribution in [1.82, 2.24) is 5.32 Å². The Balaban J connectivity index is 1.35. The molecule has 0 fully saturated rings. The zero-order chi connectivity index (χ0) is 19.3. The summed E-state index contributed by atoms with van der Waals surface area (Å²) < 4.78 is 17.0. The third-order valence-corrected chi connectivity index (χ3v) is 4.57. The van der Waals surface area contributed by atoms with E-state index in [0.717, 1.165) is 29.2 Å². The molecular formula is C23H21NO4. The lowest BCUT2D eigenvalue weighted by Gasteiger charge is -2.12. The number of hydrogen-bond donors (Lipinski definition) is 1. The van der Waals surface area contributed by atoms with Crippen molar-refractivity contribution in [3.63, 3.8) is 0 Å². The predicted molar refractivity (Wildman–Crippen MR) is 106 cm³/mol. The highest BCUT2D eigenvalue weighted by Gasteiger charge is 2.24. The van der Waals surface area contributed by atoms with Crippen LogP contribution in [-0.2, 0) is 6.42 Å². The summed E-state index contributed by atoms with van der Waals surface area (Å²) in [5.41, 5.74) is 1.64. The van der Waals surface area contributed by atoms with Gasteiger partial charge in [0, 0.05) is 17.5 Å². The van der Waals surface area contributed by atoms with Crippen LogP contribution in [0.2, 0.25) is 0 Å². The van der Waals surface area contributed by atoms with Crippen molar-refractivity contribution < 1.29 is 19.0 Å². The van der Waals surface area contributed by atoms with Gasteiger partial charge in [0.25, 0.3) is 5.91 Å². The van der Waals surface area contributed by atoms with E-state index in [1.807, 2.05) is 54.6 Å². The number of carbonyl (C=O) groups is 1. The molecule has 3 aromatic rings. The molecule has 0 aliphatic carbocycles. The van der Waals surface area contributed by atoms with Crippen LogP contribution < -0.4 is 19.5 Å². The van der Waals surface area contributed by atoms with Crippen molar-refractivity contribution in [2.24, 2.45) is 0 Å². The molecule has 0 aromatic heterocycles. The average molecular weight is 375 g/mol. The third kappa shape index (κ3) is 4.09. The SMILES string of the molecule is COc1cccc(C(=O)NC[C@H]2Cc3cc(Oc4ccccc4)ccc3O2)c1. The second-order valence-electron chi connectivity index (χ2n) is 6.57. The van der Waals surface area contributed by atoms with Gasteiger partial charge in [0.15, 0.2) is 0 Å². The van der Waals surface area contributed by atoms with Crippen molar-refractivity contribution in [3.05, 3.63) is 83.9 Å². The molecule has 5 nitrogen and oxygen atoms in total. The number of fused-ring (bicyclic) bond motifs is 1. The maximum Gasteiger partial charge on any atom is 0.251 e. The van der Waals surface area contributed by atoms with Gasteiger partial charge in [0.05, 0.1) is 13.7 Å². The zero-order valence-electron chi connectivity index (χ0n) is 15.6. The van der Waals surface area contributed by atoms with E-state index >= 15 is 0 Å².